The van der Waals surface area contributed by atoms with Gasteiger partial charge in [-0.3, -0.25) is 9.59 Å². The number of carbonyl (C=O) groups excluding carboxylic acids is 2. The number of carbonyl (C=O) groups is 2. The molecule has 2 rings (SSSR count). The van der Waals surface area contributed by atoms with E-state index in [-0.39, 0.29) is 23.7 Å². The van der Waals surface area contributed by atoms with Crippen molar-refractivity contribution in [3.63, 3.8) is 0 Å². The summed E-state index contributed by atoms with van der Waals surface area (Å²) in [6.45, 7) is 4.44. The first-order chi connectivity index (χ1) is 9.11. The maximum Gasteiger partial charge on any atom is 0.308 e. The Balaban J connectivity index is 1.83. The Kier molecular flexibility index (Phi) is 4.80. The van der Waals surface area contributed by atoms with Crippen LogP contribution < -0.4 is 5.32 Å². The molecule has 0 saturated carbocycles. The standard InChI is InChI=1S/C14H24N2O3/c1-10-9-12(3-6-15-10)13(17)16-7-4-11(5-8-16)14(18)19-2/h10-12,15H,3-9H2,1-2H3. The summed E-state index contributed by atoms with van der Waals surface area (Å²) in [6, 6.07) is 0.426. The highest BCUT2D eigenvalue weighted by atomic mass is 16.5. The van der Waals surface area contributed by atoms with Crippen LogP contribution in [-0.4, -0.2) is 49.6 Å². The molecule has 0 aromatic carbocycles. The first-order valence-electron chi connectivity index (χ1n) is 7.21. The molecule has 5 heteroatoms. The van der Waals surface area contributed by atoms with Gasteiger partial charge in [0, 0.05) is 25.0 Å². The van der Waals surface area contributed by atoms with Crippen molar-refractivity contribution in [3.8, 4) is 0 Å². The highest BCUT2D eigenvalue weighted by molar-refractivity contribution is 5.79. The molecule has 0 aromatic rings. The molecule has 0 aliphatic carbocycles. The number of rotatable bonds is 2. The van der Waals surface area contributed by atoms with Crippen LogP contribution in [0.2, 0.25) is 0 Å². The summed E-state index contributed by atoms with van der Waals surface area (Å²) in [5, 5.41) is 3.37. The molecular formula is C14H24N2O3. The number of ether oxygens (including phenoxy) is 1. The number of nitrogens with one attached hydrogen (secondary N) is 1. The molecule has 5 nitrogen and oxygen atoms in total. The summed E-state index contributed by atoms with van der Waals surface area (Å²) in [5.74, 6) is 0.270. The zero-order valence-corrected chi connectivity index (χ0v) is 11.9. The van der Waals surface area contributed by atoms with E-state index >= 15 is 0 Å². The lowest BCUT2D eigenvalue weighted by molar-refractivity contribution is -0.149. The van der Waals surface area contributed by atoms with Gasteiger partial charge in [0.05, 0.1) is 13.0 Å². The fourth-order valence-electron chi connectivity index (χ4n) is 3.12. The average Bonchev–Trinajstić information content (AvgIpc) is 2.46. The van der Waals surface area contributed by atoms with Crippen LogP contribution in [0.25, 0.3) is 0 Å². The number of piperidine rings is 2. The van der Waals surface area contributed by atoms with E-state index in [1.807, 2.05) is 4.90 Å². The van der Waals surface area contributed by atoms with Crippen molar-refractivity contribution in [2.24, 2.45) is 11.8 Å². The number of esters is 1. The van der Waals surface area contributed by atoms with Gasteiger partial charge in [-0.1, -0.05) is 0 Å². The number of amides is 1. The Morgan fingerprint density at radius 1 is 1.16 bits per heavy atom. The minimum absolute atomic E-state index is 0.0269. The Morgan fingerprint density at radius 3 is 2.42 bits per heavy atom. The van der Waals surface area contributed by atoms with Crippen LogP contribution in [0.3, 0.4) is 0 Å². The lowest BCUT2D eigenvalue weighted by Crippen LogP contribution is -2.47. The third kappa shape index (κ3) is 3.47. The van der Waals surface area contributed by atoms with E-state index < -0.39 is 0 Å². The van der Waals surface area contributed by atoms with Gasteiger partial charge in [0.15, 0.2) is 0 Å². The molecule has 2 saturated heterocycles. The van der Waals surface area contributed by atoms with Crippen molar-refractivity contribution in [2.75, 3.05) is 26.7 Å². The molecule has 0 aromatic heterocycles. The van der Waals surface area contributed by atoms with Crippen LogP contribution >= 0.6 is 0 Å². The summed E-state index contributed by atoms with van der Waals surface area (Å²) < 4.78 is 4.77. The Bertz CT molecular complexity index is 338. The molecule has 2 aliphatic rings. The minimum atomic E-state index is -0.136. The second-order valence-electron chi connectivity index (χ2n) is 5.70. The molecule has 0 radical (unpaired) electrons. The van der Waals surface area contributed by atoms with Crippen molar-refractivity contribution >= 4 is 11.9 Å². The first-order valence-corrected chi connectivity index (χ1v) is 7.21. The summed E-state index contributed by atoms with van der Waals surface area (Å²) in [5.41, 5.74) is 0. The van der Waals surface area contributed by atoms with Gasteiger partial charge in [0.25, 0.3) is 0 Å². The predicted octanol–water partition coefficient (Wildman–Crippen LogP) is 0.786. The van der Waals surface area contributed by atoms with E-state index in [1.165, 1.54) is 7.11 Å². The van der Waals surface area contributed by atoms with Crippen molar-refractivity contribution in [3.05, 3.63) is 0 Å². The Morgan fingerprint density at radius 2 is 1.84 bits per heavy atom. The van der Waals surface area contributed by atoms with E-state index in [1.54, 1.807) is 0 Å². The topological polar surface area (TPSA) is 58.6 Å². The molecule has 2 unspecified atom stereocenters. The average molecular weight is 268 g/mol. The maximum absolute atomic E-state index is 12.4. The van der Waals surface area contributed by atoms with Gasteiger partial charge in [0.1, 0.15) is 0 Å². The number of nitrogens with zero attached hydrogens (tertiary/aromatic N) is 1. The Labute approximate surface area is 114 Å². The van der Waals surface area contributed by atoms with Crippen molar-refractivity contribution in [2.45, 2.75) is 38.6 Å². The lowest BCUT2D eigenvalue weighted by atomic mass is 9.90. The molecule has 2 atom stereocenters. The lowest BCUT2D eigenvalue weighted by Gasteiger charge is -2.35. The van der Waals surface area contributed by atoms with Gasteiger partial charge in [-0.25, -0.2) is 0 Å². The van der Waals surface area contributed by atoms with Crippen LogP contribution in [0.5, 0.6) is 0 Å². The van der Waals surface area contributed by atoms with Crippen LogP contribution in [-0.2, 0) is 14.3 Å². The van der Waals surface area contributed by atoms with Gasteiger partial charge in [-0.05, 0) is 39.2 Å². The molecule has 108 valence electrons. The van der Waals surface area contributed by atoms with Crippen molar-refractivity contribution in [1.82, 2.24) is 10.2 Å². The quantitative estimate of drug-likeness (QED) is 0.752. The van der Waals surface area contributed by atoms with Crippen LogP contribution in [0, 0.1) is 11.8 Å². The normalized spacial score (nSPS) is 29.1. The van der Waals surface area contributed by atoms with E-state index in [9.17, 15) is 9.59 Å². The van der Waals surface area contributed by atoms with Gasteiger partial charge in [-0.2, -0.15) is 0 Å². The van der Waals surface area contributed by atoms with E-state index in [0.717, 1.165) is 32.2 Å². The molecule has 1 N–H and O–H groups in total. The molecule has 1 amide bonds. The third-order valence-corrected chi connectivity index (χ3v) is 4.31. The zero-order chi connectivity index (χ0) is 13.8. The number of likely N-dealkylation sites (tertiary alicyclic amines) is 1. The summed E-state index contributed by atoms with van der Waals surface area (Å²) in [7, 11) is 1.43. The second-order valence-corrected chi connectivity index (χ2v) is 5.70. The fraction of sp³-hybridized carbons (Fsp3) is 0.857. The van der Waals surface area contributed by atoms with Crippen molar-refractivity contribution < 1.29 is 14.3 Å². The molecule has 2 heterocycles. The maximum atomic E-state index is 12.4. The van der Waals surface area contributed by atoms with Crippen LogP contribution in [0.4, 0.5) is 0 Å². The molecule has 2 fully saturated rings. The molecular weight excluding hydrogens is 244 g/mol. The summed E-state index contributed by atoms with van der Waals surface area (Å²) in [4.78, 5) is 25.8. The first kappa shape index (κ1) is 14.3. The molecule has 0 bridgehead atoms. The number of hydrogen-bond donors (Lipinski definition) is 1. The molecule has 2 aliphatic heterocycles. The molecule has 0 spiro atoms. The summed E-state index contributed by atoms with van der Waals surface area (Å²) >= 11 is 0. The fourth-order valence-corrected chi connectivity index (χ4v) is 3.12. The van der Waals surface area contributed by atoms with E-state index in [0.29, 0.717) is 19.1 Å². The predicted molar refractivity (Wildman–Crippen MR) is 71.5 cm³/mol. The van der Waals surface area contributed by atoms with Gasteiger partial charge < -0.3 is 15.0 Å². The van der Waals surface area contributed by atoms with Gasteiger partial charge >= 0.3 is 5.97 Å². The monoisotopic (exact) mass is 268 g/mol. The van der Waals surface area contributed by atoms with E-state index in [4.69, 9.17) is 4.74 Å². The zero-order valence-electron chi connectivity index (χ0n) is 11.9. The Hall–Kier alpha value is -1.10. The third-order valence-electron chi connectivity index (χ3n) is 4.31. The highest BCUT2D eigenvalue weighted by Crippen LogP contribution is 2.23. The minimum Gasteiger partial charge on any atom is -0.469 e. The largest absolute Gasteiger partial charge is 0.469 e. The SMILES string of the molecule is COC(=O)C1CCN(C(=O)C2CCNC(C)C2)CC1. The highest BCUT2D eigenvalue weighted by Gasteiger charge is 2.32. The number of hydrogen-bond acceptors (Lipinski definition) is 4. The van der Waals surface area contributed by atoms with Crippen LogP contribution in [0.1, 0.15) is 32.6 Å². The number of methoxy groups -OCH3 is 1. The summed E-state index contributed by atoms with van der Waals surface area (Å²) in [6.07, 6.45) is 3.33. The molecule has 19 heavy (non-hydrogen) atoms. The smallest absolute Gasteiger partial charge is 0.308 e. The van der Waals surface area contributed by atoms with Crippen LogP contribution in [0.15, 0.2) is 0 Å². The van der Waals surface area contributed by atoms with Gasteiger partial charge in [-0.15, -0.1) is 0 Å². The second kappa shape index (κ2) is 6.37. The van der Waals surface area contributed by atoms with E-state index in [2.05, 4.69) is 12.2 Å². The van der Waals surface area contributed by atoms with Crippen molar-refractivity contribution in [1.29, 1.82) is 0 Å². The van der Waals surface area contributed by atoms with Gasteiger partial charge in [0.2, 0.25) is 5.91 Å².